The summed E-state index contributed by atoms with van der Waals surface area (Å²) >= 11 is 0. The number of nitrogens with zero attached hydrogens (tertiary/aromatic N) is 3. The van der Waals surface area contributed by atoms with E-state index in [-0.39, 0.29) is 11.8 Å². The first kappa shape index (κ1) is 18.9. The Morgan fingerprint density at radius 2 is 1.91 bits per heavy atom. The molecule has 3 aromatic heterocycles. The highest BCUT2D eigenvalue weighted by Crippen LogP contribution is 2.47. The van der Waals surface area contributed by atoms with Crippen molar-refractivity contribution >= 4 is 45.3 Å². The van der Waals surface area contributed by atoms with Crippen molar-refractivity contribution in [2.45, 2.75) is 31.2 Å². The molecule has 8 nitrogen and oxygen atoms in total. The molecule has 1 unspecified atom stereocenters. The van der Waals surface area contributed by atoms with Crippen LogP contribution in [-0.4, -0.2) is 31.3 Å². The number of fused-ring (bicyclic) bond motifs is 4. The van der Waals surface area contributed by atoms with E-state index >= 15 is 0 Å². The van der Waals surface area contributed by atoms with E-state index < -0.39 is 5.41 Å². The third kappa shape index (κ3) is 2.51. The maximum absolute atomic E-state index is 13.0. The third-order valence-electron chi connectivity index (χ3n) is 7.75. The van der Waals surface area contributed by atoms with Crippen molar-refractivity contribution < 1.29 is 9.59 Å². The molecule has 170 valence electrons. The molecular weight excluding hydrogens is 440 g/mol. The number of aromatic nitrogens is 4. The zero-order valence-corrected chi connectivity index (χ0v) is 18.7. The molecule has 0 saturated heterocycles. The Morgan fingerprint density at radius 1 is 1.03 bits per heavy atom. The lowest BCUT2D eigenvalue weighted by Crippen LogP contribution is -2.35. The number of nitrogens with one attached hydrogen (secondary N) is 3. The second kappa shape index (κ2) is 6.35. The predicted molar refractivity (Wildman–Crippen MR) is 131 cm³/mol. The molecule has 3 N–H and O–H groups in total. The summed E-state index contributed by atoms with van der Waals surface area (Å²) in [5, 5.41) is 7.06. The zero-order valence-electron chi connectivity index (χ0n) is 18.7. The molecule has 0 bridgehead atoms. The second-order valence-electron chi connectivity index (χ2n) is 9.82. The number of imidazole rings is 1. The number of amides is 2. The van der Waals surface area contributed by atoms with E-state index in [2.05, 4.69) is 45.0 Å². The van der Waals surface area contributed by atoms with Crippen LogP contribution < -0.4 is 10.6 Å². The number of carbonyl (C=O) groups is 2. The maximum atomic E-state index is 13.0. The standard InChI is InChI=1S/C27H20N6O2/c34-23-13-33-12-16(17-3-1-5-19(31-23)24(17)33)9-22-29-20-7-14-10-27(11-15(14)8-21(20)30-22)18-4-2-6-28-25(18)32-26(27)35/h1-8,12H,9-11,13H2,(H,29,30)(H,31,34)(H,28,32,35). The third-order valence-corrected chi connectivity index (χ3v) is 7.75. The van der Waals surface area contributed by atoms with Crippen molar-refractivity contribution in [3.8, 4) is 0 Å². The monoisotopic (exact) mass is 460 g/mol. The molecule has 5 aromatic rings. The van der Waals surface area contributed by atoms with Gasteiger partial charge in [0.15, 0.2) is 0 Å². The fourth-order valence-corrected chi connectivity index (χ4v) is 6.24. The number of H-pyrrole nitrogens is 1. The van der Waals surface area contributed by atoms with Gasteiger partial charge in [-0.3, -0.25) is 9.59 Å². The number of para-hydroxylation sites is 1. The Balaban J connectivity index is 1.16. The van der Waals surface area contributed by atoms with Gasteiger partial charge in [0.2, 0.25) is 11.8 Å². The van der Waals surface area contributed by atoms with E-state index in [1.54, 1.807) is 6.20 Å². The first-order chi connectivity index (χ1) is 17.1. The van der Waals surface area contributed by atoms with Crippen molar-refractivity contribution in [3.63, 3.8) is 0 Å². The molecule has 1 spiro atoms. The van der Waals surface area contributed by atoms with Gasteiger partial charge in [-0.05, 0) is 53.8 Å². The van der Waals surface area contributed by atoms with Crippen molar-refractivity contribution in [2.75, 3.05) is 10.6 Å². The lowest BCUT2D eigenvalue weighted by Gasteiger charge is -2.20. The van der Waals surface area contributed by atoms with Gasteiger partial charge in [0.1, 0.15) is 18.2 Å². The first-order valence-electron chi connectivity index (χ1n) is 11.8. The van der Waals surface area contributed by atoms with Crippen molar-refractivity contribution in [3.05, 3.63) is 82.9 Å². The Hall–Kier alpha value is -4.46. The number of rotatable bonds is 2. The Labute approximate surface area is 199 Å². The van der Waals surface area contributed by atoms with E-state index in [1.807, 2.05) is 28.8 Å². The van der Waals surface area contributed by atoms with Crippen LogP contribution in [-0.2, 0) is 40.8 Å². The van der Waals surface area contributed by atoms with Crippen molar-refractivity contribution in [2.24, 2.45) is 0 Å². The van der Waals surface area contributed by atoms with Crippen LogP contribution in [0.25, 0.3) is 21.9 Å². The lowest BCUT2D eigenvalue weighted by atomic mass is 9.79. The highest BCUT2D eigenvalue weighted by Gasteiger charge is 2.51. The van der Waals surface area contributed by atoms with Gasteiger partial charge in [0.25, 0.3) is 0 Å². The summed E-state index contributed by atoms with van der Waals surface area (Å²) in [4.78, 5) is 37.8. The van der Waals surface area contributed by atoms with Crippen LogP contribution in [0.15, 0.2) is 54.9 Å². The summed E-state index contributed by atoms with van der Waals surface area (Å²) in [6, 6.07) is 14.2. The SMILES string of the molecule is O=C1Cn2cc(Cc3nc4cc5c(cc4[nH]3)CC3(C5)C(=O)Nc4ncccc43)c3cccc(c32)N1. The number of hydrogen-bond acceptors (Lipinski definition) is 4. The second-order valence-corrected chi connectivity index (χ2v) is 9.82. The number of aromatic amines is 1. The topological polar surface area (TPSA) is 105 Å². The highest BCUT2D eigenvalue weighted by molar-refractivity contribution is 6.07. The summed E-state index contributed by atoms with van der Waals surface area (Å²) < 4.78 is 2.02. The van der Waals surface area contributed by atoms with E-state index in [0.717, 1.165) is 44.6 Å². The van der Waals surface area contributed by atoms with E-state index in [1.165, 1.54) is 11.1 Å². The Morgan fingerprint density at radius 3 is 2.83 bits per heavy atom. The van der Waals surface area contributed by atoms with Gasteiger partial charge in [0.05, 0.1) is 27.7 Å². The summed E-state index contributed by atoms with van der Waals surface area (Å²) in [6.07, 6.45) is 5.74. The van der Waals surface area contributed by atoms with Gasteiger partial charge < -0.3 is 20.2 Å². The molecule has 3 aliphatic rings. The predicted octanol–water partition coefficient (Wildman–Crippen LogP) is 3.44. The summed E-state index contributed by atoms with van der Waals surface area (Å²) in [7, 11) is 0. The number of hydrogen-bond donors (Lipinski definition) is 3. The van der Waals surface area contributed by atoms with Crippen LogP contribution in [0.4, 0.5) is 11.5 Å². The molecule has 8 heteroatoms. The molecule has 2 amide bonds. The highest BCUT2D eigenvalue weighted by atomic mass is 16.2. The van der Waals surface area contributed by atoms with E-state index in [4.69, 9.17) is 4.98 Å². The van der Waals surface area contributed by atoms with Crippen LogP contribution in [0.1, 0.15) is 28.1 Å². The molecule has 8 rings (SSSR count). The molecule has 35 heavy (non-hydrogen) atoms. The fraction of sp³-hybridized carbons (Fsp3) is 0.185. The number of carbonyl (C=O) groups excluding carboxylic acids is 2. The van der Waals surface area contributed by atoms with Crippen LogP contribution in [0.5, 0.6) is 0 Å². The number of anilines is 2. The molecule has 2 aliphatic heterocycles. The maximum Gasteiger partial charge on any atom is 0.244 e. The van der Waals surface area contributed by atoms with Gasteiger partial charge in [-0.15, -0.1) is 0 Å². The minimum Gasteiger partial charge on any atom is -0.342 e. The normalized spacial score (nSPS) is 17.1. The lowest BCUT2D eigenvalue weighted by molar-refractivity contribution is -0.120. The largest absolute Gasteiger partial charge is 0.342 e. The summed E-state index contributed by atoms with van der Waals surface area (Å²) in [5.74, 6) is 1.59. The molecule has 1 atom stereocenters. The first-order valence-corrected chi connectivity index (χ1v) is 11.8. The summed E-state index contributed by atoms with van der Waals surface area (Å²) in [6.45, 7) is 0.328. The van der Waals surface area contributed by atoms with Crippen LogP contribution >= 0.6 is 0 Å². The fourth-order valence-electron chi connectivity index (χ4n) is 6.24. The van der Waals surface area contributed by atoms with Gasteiger partial charge in [-0.2, -0.15) is 0 Å². The molecular formula is C27H20N6O2. The molecule has 2 aromatic carbocycles. The number of benzene rings is 2. The average Bonchev–Trinajstić information content (AvgIpc) is 3.57. The summed E-state index contributed by atoms with van der Waals surface area (Å²) in [5.41, 5.74) is 7.69. The van der Waals surface area contributed by atoms with Crippen LogP contribution in [0.2, 0.25) is 0 Å². The van der Waals surface area contributed by atoms with Gasteiger partial charge in [0, 0.05) is 29.8 Å². The Bertz CT molecular complexity index is 1720. The molecule has 5 heterocycles. The van der Waals surface area contributed by atoms with E-state index in [0.29, 0.717) is 31.6 Å². The smallest absolute Gasteiger partial charge is 0.244 e. The molecule has 0 fully saturated rings. The van der Waals surface area contributed by atoms with Gasteiger partial charge in [-0.1, -0.05) is 18.2 Å². The molecule has 0 radical (unpaired) electrons. The minimum atomic E-state index is -0.579. The van der Waals surface area contributed by atoms with Crippen molar-refractivity contribution in [1.82, 2.24) is 19.5 Å². The van der Waals surface area contributed by atoms with E-state index in [9.17, 15) is 9.59 Å². The van der Waals surface area contributed by atoms with Crippen LogP contribution in [0.3, 0.4) is 0 Å². The quantitative estimate of drug-likeness (QED) is 0.375. The zero-order chi connectivity index (χ0) is 23.3. The number of pyridine rings is 1. The molecule has 1 aliphatic carbocycles. The van der Waals surface area contributed by atoms with Gasteiger partial charge >= 0.3 is 0 Å². The van der Waals surface area contributed by atoms with Crippen molar-refractivity contribution in [1.29, 1.82) is 0 Å². The minimum absolute atomic E-state index is 0.00229. The average molecular weight is 460 g/mol. The van der Waals surface area contributed by atoms with Crippen LogP contribution in [0, 0.1) is 0 Å². The Kier molecular flexibility index (Phi) is 3.43. The van der Waals surface area contributed by atoms with Gasteiger partial charge in [-0.25, -0.2) is 9.97 Å². The molecule has 0 saturated carbocycles.